The first-order valence-electron chi connectivity index (χ1n) is 6.34. The Labute approximate surface area is 102 Å². The van der Waals surface area contributed by atoms with E-state index in [2.05, 4.69) is 12.0 Å². The second kappa shape index (κ2) is 5.45. The molecule has 0 saturated carbocycles. The van der Waals surface area contributed by atoms with Gasteiger partial charge in [-0.1, -0.05) is 0 Å². The number of aromatic nitrogens is 2. The molecule has 94 valence electrons. The van der Waals surface area contributed by atoms with E-state index < -0.39 is 0 Å². The van der Waals surface area contributed by atoms with Crippen molar-refractivity contribution in [2.75, 3.05) is 13.2 Å². The van der Waals surface area contributed by atoms with Crippen LogP contribution in [0.25, 0.3) is 0 Å². The molecule has 4 nitrogen and oxygen atoms in total. The summed E-state index contributed by atoms with van der Waals surface area (Å²) < 4.78 is 7.20. The fourth-order valence-electron chi connectivity index (χ4n) is 2.36. The van der Waals surface area contributed by atoms with E-state index in [-0.39, 0.29) is 5.92 Å². The minimum Gasteiger partial charge on any atom is -0.381 e. The minimum atomic E-state index is 0.185. The van der Waals surface area contributed by atoms with Crippen molar-refractivity contribution in [3.63, 3.8) is 0 Å². The Kier molecular flexibility index (Phi) is 3.94. The average Bonchev–Trinajstić information content (AvgIpc) is 2.70. The van der Waals surface area contributed by atoms with E-state index >= 15 is 0 Å². The molecule has 1 saturated heterocycles. The van der Waals surface area contributed by atoms with E-state index in [1.54, 1.807) is 0 Å². The first kappa shape index (κ1) is 12.3. The Hall–Kier alpha value is -1.16. The summed E-state index contributed by atoms with van der Waals surface area (Å²) in [5.41, 5.74) is 2.03. The van der Waals surface area contributed by atoms with Gasteiger partial charge in [-0.3, -0.25) is 9.48 Å². The monoisotopic (exact) mass is 236 g/mol. The largest absolute Gasteiger partial charge is 0.381 e. The number of aryl methyl sites for hydroxylation is 2. The fraction of sp³-hybridized carbons (Fsp3) is 0.692. The van der Waals surface area contributed by atoms with Gasteiger partial charge >= 0.3 is 0 Å². The van der Waals surface area contributed by atoms with Crippen molar-refractivity contribution < 1.29 is 9.53 Å². The summed E-state index contributed by atoms with van der Waals surface area (Å²) in [5, 5.41) is 4.37. The molecule has 1 aliphatic heterocycles. The van der Waals surface area contributed by atoms with Crippen molar-refractivity contribution in [2.24, 2.45) is 5.92 Å². The zero-order valence-corrected chi connectivity index (χ0v) is 10.6. The van der Waals surface area contributed by atoms with Gasteiger partial charge in [0.1, 0.15) is 5.78 Å². The molecule has 0 N–H and O–H groups in total. The van der Waals surface area contributed by atoms with E-state index in [9.17, 15) is 4.79 Å². The zero-order chi connectivity index (χ0) is 12.3. The maximum Gasteiger partial charge on any atom is 0.142 e. The molecular formula is C13H20N2O2. The van der Waals surface area contributed by atoms with Crippen LogP contribution in [0.15, 0.2) is 6.07 Å². The van der Waals surface area contributed by atoms with Crippen LogP contribution in [0.4, 0.5) is 0 Å². The Morgan fingerprint density at radius 2 is 2.24 bits per heavy atom. The molecule has 0 unspecified atom stereocenters. The number of carbonyl (C=O) groups is 1. The van der Waals surface area contributed by atoms with Crippen molar-refractivity contribution in [1.29, 1.82) is 0 Å². The lowest BCUT2D eigenvalue weighted by molar-refractivity contribution is -0.125. The SMILES string of the molecule is CCn1nc(C)cc1CC(=O)C1CCOCC1. The van der Waals surface area contributed by atoms with Gasteiger partial charge in [-0.05, 0) is 32.8 Å². The van der Waals surface area contributed by atoms with Crippen LogP contribution in [-0.2, 0) is 22.5 Å². The third-order valence-corrected chi connectivity index (χ3v) is 3.32. The molecule has 0 bridgehead atoms. The first-order valence-corrected chi connectivity index (χ1v) is 6.34. The van der Waals surface area contributed by atoms with Gasteiger partial charge in [-0.2, -0.15) is 5.10 Å². The summed E-state index contributed by atoms with van der Waals surface area (Å²) in [4.78, 5) is 12.1. The Morgan fingerprint density at radius 1 is 1.53 bits per heavy atom. The van der Waals surface area contributed by atoms with Crippen LogP contribution in [0, 0.1) is 12.8 Å². The average molecular weight is 236 g/mol. The Balaban J connectivity index is 2.01. The molecule has 1 aliphatic rings. The molecule has 17 heavy (non-hydrogen) atoms. The number of ketones is 1. The molecule has 0 aliphatic carbocycles. The van der Waals surface area contributed by atoms with Gasteiger partial charge in [-0.25, -0.2) is 0 Å². The van der Waals surface area contributed by atoms with Crippen LogP contribution in [0.3, 0.4) is 0 Å². The van der Waals surface area contributed by atoms with Gasteiger partial charge in [0.15, 0.2) is 0 Å². The highest BCUT2D eigenvalue weighted by Gasteiger charge is 2.22. The van der Waals surface area contributed by atoms with E-state index in [0.717, 1.165) is 44.0 Å². The van der Waals surface area contributed by atoms with Crippen LogP contribution in [0.1, 0.15) is 31.2 Å². The zero-order valence-electron chi connectivity index (χ0n) is 10.6. The van der Waals surface area contributed by atoms with E-state index in [1.807, 2.05) is 17.7 Å². The normalized spacial score (nSPS) is 17.3. The summed E-state index contributed by atoms with van der Waals surface area (Å²) in [6.07, 6.45) is 2.26. The van der Waals surface area contributed by atoms with Gasteiger partial charge in [0.25, 0.3) is 0 Å². The van der Waals surface area contributed by atoms with Gasteiger partial charge in [0.05, 0.1) is 5.69 Å². The molecule has 1 aromatic rings. The molecular weight excluding hydrogens is 216 g/mol. The summed E-state index contributed by atoms with van der Waals surface area (Å²) in [7, 11) is 0. The summed E-state index contributed by atoms with van der Waals surface area (Å²) in [5.74, 6) is 0.521. The third kappa shape index (κ3) is 2.94. The number of rotatable bonds is 4. The second-order valence-corrected chi connectivity index (χ2v) is 4.62. The molecule has 2 rings (SSSR count). The number of carbonyl (C=O) groups excluding carboxylic acids is 1. The molecule has 0 amide bonds. The molecule has 0 aromatic carbocycles. The minimum absolute atomic E-state index is 0.185. The third-order valence-electron chi connectivity index (χ3n) is 3.32. The van der Waals surface area contributed by atoms with Gasteiger partial charge < -0.3 is 4.74 Å². The lowest BCUT2D eigenvalue weighted by Crippen LogP contribution is -2.25. The molecule has 1 aromatic heterocycles. The standard InChI is InChI=1S/C13H20N2O2/c1-3-15-12(8-10(2)14-15)9-13(16)11-4-6-17-7-5-11/h8,11H,3-7,9H2,1-2H3. The van der Waals surface area contributed by atoms with E-state index in [4.69, 9.17) is 4.74 Å². The maximum atomic E-state index is 12.1. The molecule has 1 fully saturated rings. The van der Waals surface area contributed by atoms with Crippen LogP contribution >= 0.6 is 0 Å². The van der Waals surface area contributed by atoms with Crippen LogP contribution in [-0.4, -0.2) is 28.8 Å². The van der Waals surface area contributed by atoms with Crippen LogP contribution in [0.5, 0.6) is 0 Å². The van der Waals surface area contributed by atoms with Crippen molar-refractivity contribution in [3.05, 3.63) is 17.5 Å². The fourth-order valence-corrected chi connectivity index (χ4v) is 2.36. The lowest BCUT2D eigenvalue weighted by atomic mass is 9.93. The smallest absolute Gasteiger partial charge is 0.142 e. The van der Waals surface area contributed by atoms with Gasteiger partial charge in [0.2, 0.25) is 0 Å². The predicted octanol–water partition coefficient (Wildman–Crippen LogP) is 1.75. The Morgan fingerprint density at radius 3 is 2.88 bits per heavy atom. The number of nitrogens with zero attached hydrogens (tertiary/aromatic N) is 2. The molecule has 0 atom stereocenters. The maximum absolute atomic E-state index is 12.1. The lowest BCUT2D eigenvalue weighted by Gasteiger charge is -2.20. The van der Waals surface area contributed by atoms with Crippen molar-refractivity contribution >= 4 is 5.78 Å². The highest BCUT2D eigenvalue weighted by Crippen LogP contribution is 2.18. The van der Waals surface area contributed by atoms with E-state index in [0.29, 0.717) is 12.2 Å². The highest BCUT2D eigenvalue weighted by atomic mass is 16.5. The molecule has 0 radical (unpaired) electrons. The predicted molar refractivity (Wildman–Crippen MR) is 64.9 cm³/mol. The number of Topliss-reactive ketones (excluding diaryl/α,β-unsaturated/α-hetero) is 1. The van der Waals surface area contributed by atoms with Crippen LogP contribution < -0.4 is 0 Å². The number of ether oxygens (including phenoxy) is 1. The Bertz CT molecular complexity index is 392. The number of hydrogen-bond donors (Lipinski definition) is 0. The summed E-state index contributed by atoms with van der Waals surface area (Å²) in [6.45, 7) is 6.29. The number of hydrogen-bond acceptors (Lipinski definition) is 3. The first-order chi connectivity index (χ1) is 8.20. The van der Waals surface area contributed by atoms with Gasteiger partial charge in [-0.15, -0.1) is 0 Å². The van der Waals surface area contributed by atoms with Crippen molar-refractivity contribution in [2.45, 2.75) is 39.7 Å². The highest BCUT2D eigenvalue weighted by molar-refractivity contribution is 5.83. The quantitative estimate of drug-likeness (QED) is 0.800. The van der Waals surface area contributed by atoms with Gasteiger partial charge in [0, 0.05) is 37.8 Å². The van der Waals surface area contributed by atoms with Crippen molar-refractivity contribution in [1.82, 2.24) is 9.78 Å². The summed E-state index contributed by atoms with van der Waals surface area (Å²) in [6, 6.07) is 2.01. The molecule has 0 spiro atoms. The topological polar surface area (TPSA) is 44.1 Å². The molecule has 2 heterocycles. The van der Waals surface area contributed by atoms with Crippen molar-refractivity contribution in [3.8, 4) is 0 Å². The summed E-state index contributed by atoms with van der Waals surface area (Å²) >= 11 is 0. The molecule has 4 heteroatoms. The van der Waals surface area contributed by atoms with Crippen LogP contribution in [0.2, 0.25) is 0 Å². The van der Waals surface area contributed by atoms with E-state index in [1.165, 1.54) is 0 Å². The second-order valence-electron chi connectivity index (χ2n) is 4.62.